The number of esters is 2. The van der Waals surface area contributed by atoms with Crippen LogP contribution in [0.3, 0.4) is 0 Å². The second-order valence-electron chi connectivity index (χ2n) is 9.54. The van der Waals surface area contributed by atoms with Crippen molar-refractivity contribution in [1.82, 2.24) is 0 Å². The van der Waals surface area contributed by atoms with Gasteiger partial charge in [-0.2, -0.15) is 0 Å². The number of hydrogen-bond donors (Lipinski definition) is 1. The van der Waals surface area contributed by atoms with Crippen molar-refractivity contribution in [2.45, 2.75) is 103 Å². The molecule has 0 saturated carbocycles. The van der Waals surface area contributed by atoms with Gasteiger partial charge in [-0.05, 0) is 57.8 Å². The molecule has 0 rings (SSSR count). The molecule has 0 heterocycles. The van der Waals surface area contributed by atoms with Crippen molar-refractivity contribution in [3.8, 4) is 0 Å². The van der Waals surface area contributed by atoms with E-state index in [1.165, 1.54) is 0 Å². The number of aliphatic hydroxyl groups is 1. The van der Waals surface area contributed by atoms with Crippen LogP contribution in [0.15, 0.2) is 97.2 Å². The van der Waals surface area contributed by atoms with E-state index in [1.54, 1.807) is 0 Å². The van der Waals surface area contributed by atoms with Crippen LogP contribution >= 0.6 is 0 Å². The van der Waals surface area contributed by atoms with Crippen molar-refractivity contribution >= 4 is 11.9 Å². The fraction of sp³-hybridized carbons (Fsp3) is 0.500. The topological polar surface area (TPSA) is 72.8 Å². The minimum Gasteiger partial charge on any atom is -0.462 e. The van der Waals surface area contributed by atoms with E-state index in [0.29, 0.717) is 12.8 Å². The molecule has 1 atom stereocenters. The smallest absolute Gasteiger partial charge is 0.306 e. The quantitative estimate of drug-likeness (QED) is 0.0517. The highest BCUT2D eigenvalue weighted by molar-refractivity contribution is 5.70. The van der Waals surface area contributed by atoms with E-state index in [1.807, 2.05) is 54.7 Å². The molecule has 0 spiro atoms. The normalized spacial score (nSPS) is 13.5. The molecule has 0 radical (unpaired) electrons. The van der Waals surface area contributed by atoms with Gasteiger partial charge in [-0.1, -0.05) is 124 Å². The first-order valence-corrected chi connectivity index (χ1v) is 15.4. The van der Waals surface area contributed by atoms with Crippen molar-refractivity contribution in [1.29, 1.82) is 0 Å². The zero-order valence-corrected chi connectivity index (χ0v) is 25.5. The highest BCUT2D eigenvalue weighted by atomic mass is 16.6. The summed E-state index contributed by atoms with van der Waals surface area (Å²) in [5.41, 5.74) is 0. The third kappa shape index (κ3) is 29.6. The lowest BCUT2D eigenvalue weighted by Crippen LogP contribution is -2.28. The van der Waals surface area contributed by atoms with Crippen LogP contribution in [-0.4, -0.2) is 36.4 Å². The van der Waals surface area contributed by atoms with Crippen LogP contribution in [0.2, 0.25) is 0 Å². The maximum absolute atomic E-state index is 12.1. The van der Waals surface area contributed by atoms with Gasteiger partial charge in [-0.3, -0.25) is 9.59 Å². The Kier molecular flexibility index (Phi) is 28.9. The lowest BCUT2D eigenvalue weighted by Gasteiger charge is -2.15. The fourth-order valence-corrected chi connectivity index (χ4v) is 3.48. The fourth-order valence-electron chi connectivity index (χ4n) is 3.48. The standard InChI is InChI=1S/C36H54O5/c1-3-5-7-9-11-13-15-17-19-21-23-25-27-29-31-36(39)41-34(32-37)33-40-35(38)30-28-26-24-22-20-18-16-14-12-10-8-6-4-2/h5-8,10-14,16-20,22,24,34,37H,3-4,9,15,21,23,25-33H2,1-2H3/b7-5+,8-6+,12-10+,13-11+,16-14+,19-17+,20-18+,24-22+. The summed E-state index contributed by atoms with van der Waals surface area (Å²) in [5.74, 6) is -0.720. The van der Waals surface area contributed by atoms with E-state index >= 15 is 0 Å². The minimum absolute atomic E-state index is 0.119. The van der Waals surface area contributed by atoms with E-state index in [-0.39, 0.29) is 31.6 Å². The van der Waals surface area contributed by atoms with Gasteiger partial charge in [0.1, 0.15) is 6.61 Å². The summed E-state index contributed by atoms with van der Waals surface area (Å²) >= 11 is 0. The third-order valence-electron chi connectivity index (χ3n) is 5.75. The summed E-state index contributed by atoms with van der Waals surface area (Å²) in [7, 11) is 0. The number of hydrogen-bond acceptors (Lipinski definition) is 5. The predicted octanol–water partition coefficient (Wildman–Crippen LogP) is 8.99. The van der Waals surface area contributed by atoms with Gasteiger partial charge in [0.2, 0.25) is 0 Å². The molecule has 0 aliphatic heterocycles. The van der Waals surface area contributed by atoms with Crippen LogP contribution < -0.4 is 0 Å². The van der Waals surface area contributed by atoms with Crippen LogP contribution in [0.25, 0.3) is 0 Å². The molecule has 0 aromatic rings. The number of aliphatic hydroxyl groups excluding tert-OH is 1. The van der Waals surface area contributed by atoms with Crippen molar-refractivity contribution < 1.29 is 24.2 Å². The van der Waals surface area contributed by atoms with Gasteiger partial charge >= 0.3 is 11.9 Å². The Labute approximate surface area is 249 Å². The Morgan fingerprint density at radius 2 is 1.12 bits per heavy atom. The van der Waals surface area contributed by atoms with Crippen LogP contribution in [-0.2, 0) is 19.1 Å². The molecule has 0 aliphatic carbocycles. The largest absolute Gasteiger partial charge is 0.462 e. The van der Waals surface area contributed by atoms with Gasteiger partial charge in [0.15, 0.2) is 6.10 Å². The molecule has 1 N–H and O–H groups in total. The maximum atomic E-state index is 12.1. The monoisotopic (exact) mass is 566 g/mol. The van der Waals surface area contributed by atoms with E-state index in [2.05, 4.69) is 56.4 Å². The number of rotatable bonds is 25. The Bertz CT molecular complexity index is 870. The molecule has 1 unspecified atom stereocenters. The first-order valence-electron chi connectivity index (χ1n) is 15.4. The van der Waals surface area contributed by atoms with Crippen LogP contribution in [0.1, 0.15) is 97.3 Å². The van der Waals surface area contributed by atoms with E-state index in [9.17, 15) is 14.7 Å². The van der Waals surface area contributed by atoms with Gasteiger partial charge in [0, 0.05) is 12.8 Å². The van der Waals surface area contributed by atoms with E-state index < -0.39 is 6.10 Å². The molecule has 228 valence electrons. The molecular weight excluding hydrogens is 512 g/mol. The Balaban J connectivity index is 3.83. The van der Waals surface area contributed by atoms with Gasteiger partial charge in [0.25, 0.3) is 0 Å². The number of carbonyl (C=O) groups excluding carboxylic acids is 2. The number of carbonyl (C=O) groups is 2. The molecule has 41 heavy (non-hydrogen) atoms. The molecule has 0 amide bonds. The van der Waals surface area contributed by atoms with Gasteiger partial charge in [-0.25, -0.2) is 0 Å². The van der Waals surface area contributed by atoms with E-state index in [4.69, 9.17) is 9.47 Å². The second kappa shape index (κ2) is 31.3. The summed E-state index contributed by atoms with van der Waals surface area (Å²) < 4.78 is 10.4. The summed E-state index contributed by atoms with van der Waals surface area (Å²) in [4.78, 5) is 24.0. The average Bonchev–Trinajstić information content (AvgIpc) is 2.97. The predicted molar refractivity (Wildman–Crippen MR) is 172 cm³/mol. The van der Waals surface area contributed by atoms with Crippen molar-refractivity contribution in [3.63, 3.8) is 0 Å². The minimum atomic E-state index is -0.816. The number of allylic oxidation sites excluding steroid dienone is 16. The Hall–Kier alpha value is -3.18. The second-order valence-corrected chi connectivity index (χ2v) is 9.54. The van der Waals surface area contributed by atoms with Gasteiger partial charge in [0.05, 0.1) is 6.61 Å². The highest BCUT2D eigenvalue weighted by Crippen LogP contribution is 2.09. The van der Waals surface area contributed by atoms with Crippen molar-refractivity contribution in [3.05, 3.63) is 97.2 Å². The molecule has 0 aromatic heterocycles. The molecule has 0 saturated heterocycles. The average molecular weight is 567 g/mol. The van der Waals surface area contributed by atoms with Crippen molar-refractivity contribution in [2.24, 2.45) is 0 Å². The van der Waals surface area contributed by atoms with Crippen LogP contribution in [0.4, 0.5) is 0 Å². The molecule has 0 aromatic carbocycles. The Morgan fingerprint density at radius 1 is 0.585 bits per heavy atom. The molecule has 0 fully saturated rings. The number of ether oxygens (including phenoxy) is 2. The molecule has 0 bridgehead atoms. The van der Waals surface area contributed by atoms with E-state index in [0.717, 1.165) is 64.2 Å². The molecule has 0 aliphatic rings. The number of unbranched alkanes of at least 4 members (excludes halogenated alkanes) is 5. The van der Waals surface area contributed by atoms with Gasteiger partial charge in [-0.15, -0.1) is 0 Å². The maximum Gasteiger partial charge on any atom is 0.306 e. The van der Waals surface area contributed by atoms with Crippen LogP contribution in [0.5, 0.6) is 0 Å². The summed E-state index contributed by atoms with van der Waals surface area (Å²) in [6.45, 7) is 3.75. The Morgan fingerprint density at radius 3 is 1.78 bits per heavy atom. The zero-order valence-electron chi connectivity index (χ0n) is 25.5. The molecule has 5 nitrogen and oxygen atoms in total. The lowest BCUT2D eigenvalue weighted by atomic mass is 10.1. The van der Waals surface area contributed by atoms with Gasteiger partial charge < -0.3 is 14.6 Å². The molecule has 5 heteroatoms. The lowest BCUT2D eigenvalue weighted by molar-refractivity contribution is -0.161. The van der Waals surface area contributed by atoms with Crippen LogP contribution in [0, 0.1) is 0 Å². The third-order valence-corrected chi connectivity index (χ3v) is 5.75. The SMILES string of the molecule is CC/C=C/C=C/C=C/C=C/C=C/CCCC(=O)OCC(CO)OC(=O)CCCCCC/C=C/C/C=C/C/C=C/CC. The summed E-state index contributed by atoms with van der Waals surface area (Å²) in [6.07, 6.45) is 43.2. The molecular formula is C36H54O5. The first-order chi connectivity index (χ1) is 20.1. The first kappa shape index (κ1) is 37.8. The zero-order chi connectivity index (χ0) is 30.1. The highest BCUT2D eigenvalue weighted by Gasteiger charge is 2.15. The summed E-state index contributed by atoms with van der Waals surface area (Å²) in [6, 6.07) is 0. The summed E-state index contributed by atoms with van der Waals surface area (Å²) in [5, 5.41) is 9.47. The van der Waals surface area contributed by atoms with Crippen molar-refractivity contribution in [2.75, 3.05) is 13.2 Å².